The maximum Gasteiger partial charge on any atom is 0.260 e. The molecular weight excluding hydrogens is 374 g/mol. The quantitative estimate of drug-likeness (QED) is 0.711. The highest BCUT2D eigenvalue weighted by molar-refractivity contribution is 5.82. The van der Waals surface area contributed by atoms with Gasteiger partial charge in [0.15, 0.2) is 0 Å². The van der Waals surface area contributed by atoms with Crippen molar-refractivity contribution in [2.24, 2.45) is 11.8 Å². The van der Waals surface area contributed by atoms with E-state index in [2.05, 4.69) is 28.4 Å². The fraction of sp³-hybridized carbons (Fsp3) is 0.458. The van der Waals surface area contributed by atoms with E-state index in [0.29, 0.717) is 5.95 Å². The second-order valence-corrected chi connectivity index (χ2v) is 9.22. The summed E-state index contributed by atoms with van der Waals surface area (Å²) in [5, 5.41) is 3.18. The molecule has 2 aromatic heterocycles. The maximum absolute atomic E-state index is 13.5. The molecule has 0 bridgehead atoms. The molecule has 0 amide bonds. The minimum absolute atomic E-state index is 0.0552. The number of hydrogen-bond donors (Lipinski definition) is 1. The summed E-state index contributed by atoms with van der Waals surface area (Å²) in [5.74, 6) is 2.21. The summed E-state index contributed by atoms with van der Waals surface area (Å²) in [6, 6.07) is 10.3. The van der Waals surface area contributed by atoms with E-state index in [1.165, 1.54) is 19.3 Å². The second-order valence-electron chi connectivity index (χ2n) is 9.22. The Hall–Kier alpha value is -2.73. The van der Waals surface area contributed by atoms with Crippen molar-refractivity contribution in [3.63, 3.8) is 0 Å². The molecule has 154 valence electrons. The van der Waals surface area contributed by atoms with Gasteiger partial charge in [0.05, 0.1) is 0 Å². The van der Waals surface area contributed by atoms with Crippen molar-refractivity contribution in [3.05, 3.63) is 52.4 Å². The molecule has 1 aliphatic heterocycles. The van der Waals surface area contributed by atoms with Gasteiger partial charge in [-0.2, -0.15) is 4.98 Å². The van der Waals surface area contributed by atoms with E-state index >= 15 is 0 Å². The van der Waals surface area contributed by atoms with Crippen molar-refractivity contribution in [3.8, 4) is 11.1 Å². The molecule has 6 heteroatoms. The largest absolute Gasteiger partial charge is 0.289 e. The van der Waals surface area contributed by atoms with Gasteiger partial charge in [-0.1, -0.05) is 30.7 Å². The van der Waals surface area contributed by atoms with Crippen LogP contribution in [0.3, 0.4) is 0 Å². The van der Waals surface area contributed by atoms with Gasteiger partial charge in [0.2, 0.25) is 5.95 Å². The first-order valence-corrected chi connectivity index (χ1v) is 11.2. The Labute approximate surface area is 175 Å². The lowest BCUT2D eigenvalue weighted by atomic mass is 10.0. The van der Waals surface area contributed by atoms with E-state index in [-0.39, 0.29) is 11.6 Å². The monoisotopic (exact) mass is 401 g/mol. The van der Waals surface area contributed by atoms with Gasteiger partial charge >= 0.3 is 0 Å². The highest BCUT2D eigenvalue weighted by Gasteiger charge is 2.36. The molecule has 30 heavy (non-hydrogen) atoms. The molecule has 0 radical (unpaired) electrons. The number of anilines is 1. The van der Waals surface area contributed by atoms with E-state index in [4.69, 9.17) is 4.98 Å². The van der Waals surface area contributed by atoms with Gasteiger partial charge in [0.1, 0.15) is 5.65 Å². The summed E-state index contributed by atoms with van der Waals surface area (Å²) >= 11 is 0. The lowest BCUT2D eigenvalue weighted by Crippen LogP contribution is -2.30. The molecule has 3 fully saturated rings. The molecular formula is C24H27N5O. The Morgan fingerprint density at radius 3 is 2.53 bits per heavy atom. The Balaban J connectivity index is 1.40. The van der Waals surface area contributed by atoms with Crippen molar-refractivity contribution in [1.29, 1.82) is 0 Å². The van der Waals surface area contributed by atoms with Crippen LogP contribution in [0.4, 0.5) is 5.95 Å². The number of benzene rings is 1. The summed E-state index contributed by atoms with van der Waals surface area (Å²) in [7, 11) is 0. The minimum atomic E-state index is 0.0552. The Bertz CT molecular complexity index is 1170. The van der Waals surface area contributed by atoms with Crippen LogP contribution in [0.2, 0.25) is 0 Å². The van der Waals surface area contributed by atoms with Gasteiger partial charge in [-0.15, -0.1) is 0 Å². The molecule has 3 aromatic rings. The number of pyridine rings is 1. The smallest absolute Gasteiger partial charge is 0.260 e. The first-order valence-electron chi connectivity index (χ1n) is 11.2. The zero-order chi connectivity index (χ0) is 20.2. The second kappa shape index (κ2) is 6.91. The number of aryl methyl sites for hydroxylation is 1. The molecule has 6 nitrogen and oxygen atoms in total. The van der Waals surface area contributed by atoms with Crippen molar-refractivity contribution in [2.45, 2.75) is 45.1 Å². The summed E-state index contributed by atoms with van der Waals surface area (Å²) in [6.07, 6.45) is 7.98. The molecule has 0 spiro atoms. The minimum Gasteiger partial charge on any atom is -0.289 e. The first-order chi connectivity index (χ1) is 14.7. The summed E-state index contributed by atoms with van der Waals surface area (Å²) in [5.41, 5.74) is 7.06. The van der Waals surface area contributed by atoms with Crippen LogP contribution in [0.1, 0.15) is 43.7 Å². The maximum atomic E-state index is 13.5. The van der Waals surface area contributed by atoms with E-state index < -0.39 is 0 Å². The Morgan fingerprint density at radius 2 is 1.80 bits per heavy atom. The zero-order valence-corrected chi connectivity index (χ0v) is 17.3. The van der Waals surface area contributed by atoms with E-state index in [0.717, 1.165) is 65.5 Å². The van der Waals surface area contributed by atoms with Gasteiger partial charge in [-0.05, 0) is 61.6 Å². The van der Waals surface area contributed by atoms with Crippen LogP contribution >= 0.6 is 0 Å². The lowest BCUT2D eigenvalue weighted by molar-refractivity contribution is 0.369. The molecule has 2 unspecified atom stereocenters. The van der Waals surface area contributed by atoms with E-state index in [9.17, 15) is 4.79 Å². The number of nitrogens with zero attached hydrogens (tertiary/aromatic N) is 4. The normalized spacial score (nSPS) is 23.8. The fourth-order valence-electron chi connectivity index (χ4n) is 5.38. The molecule has 2 aliphatic carbocycles. The van der Waals surface area contributed by atoms with Gasteiger partial charge < -0.3 is 0 Å². The highest BCUT2D eigenvalue weighted by atomic mass is 16.1. The molecule has 1 aromatic carbocycles. The third-order valence-electron chi connectivity index (χ3n) is 7.10. The molecule has 3 aliphatic rings. The predicted octanol–water partition coefficient (Wildman–Crippen LogP) is 4.16. The van der Waals surface area contributed by atoms with E-state index in [1.807, 2.05) is 35.0 Å². The Kier molecular flexibility index (Phi) is 4.16. The van der Waals surface area contributed by atoms with Crippen LogP contribution < -0.4 is 11.0 Å². The van der Waals surface area contributed by atoms with Crippen LogP contribution in [-0.4, -0.2) is 32.6 Å². The van der Waals surface area contributed by atoms with Crippen LogP contribution in [0.5, 0.6) is 0 Å². The molecule has 2 atom stereocenters. The van der Waals surface area contributed by atoms with Gasteiger partial charge in [0, 0.05) is 36.3 Å². The number of hydrazine groups is 1. The van der Waals surface area contributed by atoms with Crippen LogP contribution in [0.15, 0.2) is 41.3 Å². The summed E-state index contributed by atoms with van der Waals surface area (Å²) in [4.78, 5) is 22.9. The van der Waals surface area contributed by atoms with Crippen molar-refractivity contribution in [1.82, 2.24) is 19.5 Å². The average molecular weight is 402 g/mol. The van der Waals surface area contributed by atoms with Crippen molar-refractivity contribution < 1.29 is 0 Å². The molecule has 2 saturated carbocycles. The van der Waals surface area contributed by atoms with Crippen molar-refractivity contribution >= 4 is 17.0 Å². The molecule has 3 heterocycles. The number of nitrogens with one attached hydrogen (secondary N) is 1. The lowest BCUT2D eigenvalue weighted by Gasteiger charge is -2.19. The zero-order valence-electron chi connectivity index (χ0n) is 17.3. The number of fused-ring (bicyclic) bond motifs is 2. The van der Waals surface area contributed by atoms with Gasteiger partial charge in [-0.25, -0.2) is 9.99 Å². The predicted molar refractivity (Wildman–Crippen MR) is 118 cm³/mol. The van der Waals surface area contributed by atoms with Crippen molar-refractivity contribution in [2.75, 3.05) is 18.5 Å². The van der Waals surface area contributed by atoms with E-state index in [1.54, 1.807) is 0 Å². The van der Waals surface area contributed by atoms with Crippen LogP contribution in [0, 0.1) is 18.8 Å². The molecule has 6 rings (SSSR count). The van der Waals surface area contributed by atoms with Gasteiger partial charge in [0.25, 0.3) is 5.56 Å². The SMILES string of the molecule is Cc1ccccc1-c1cc2cnc(NN3CC4CCCC4C3)nc2n(C2CC2)c1=O. The topological polar surface area (TPSA) is 63.1 Å². The molecule has 1 N–H and O–H groups in total. The summed E-state index contributed by atoms with van der Waals surface area (Å²) in [6.45, 7) is 4.18. The molecule has 1 saturated heterocycles. The first kappa shape index (κ1) is 18.1. The fourth-order valence-corrected chi connectivity index (χ4v) is 5.38. The third kappa shape index (κ3) is 3.01. The third-order valence-corrected chi connectivity index (χ3v) is 7.10. The van der Waals surface area contributed by atoms with Gasteiger partial charge in [-0.3, -0.25) is 14.8 Å². The Morgan fingerprint density at radius 1 is 1.03 bits per heavy atom. The number of rotatable bonds is 4. The standard InChI is InChI=1S/C24H27N5O/c1-15-5-2-3-8-20(15)21-11-18-12-25-24(26-22(18)29(23(21)30)19-9-10-19)27-28-13-16-6-4-7-17(16)14-28/h2-3,5,8,11-12,16-17,19H,4,6-7,9-10,13-14H2,1H3,(H,25,26,27). The number of aromatic nitrogens is 3. The highest BCUT2D eigenvalue weighted by Crippen LogP contribution is 2.38. The average Bonchev–Trinajstić information content (AvgIpc) is 3.36. The summed E-state index contributed by atoms with van der Waals surface area (Å²) < 4.78 is 1.91. The van der Waals surface area contributed by atoms with Crippen LogP contribution in [0.25, 0.3) is 22.2 Å². The van der Waals surface area contributed by atoms with Crippen LogP contribution in [-0.2, 0) is 0 Å². The number of hydrogen-bond acceptors (Lipinski definition) is 5.